The fourth-order valence-electron chi connectivity index (χ4n) is 13.1. The molecule has 0 fully saturated rings. The van der Waals surface area contributed by atoms with Crippen LogP contribution in [0.4, 0.5) is 27.1 Å². The molecule has 606 valence electrons. The van der Waals surface area contributed by atoms with Crippen molar-refractivity contribution >= 4 is 106 Å². The first-order valence-electron chi connectivity index (χ1n) is 38.2. The fraction of sp³-hybridized carbons (Fsp3) is 0.0400. The maximum absolute atomic E-state index is 14.1. The summed E-state index contributed by atoms with van der Waals surface area (Å²) in [5.41, 5.74) is 5.18. The Morgan fingerprint density at radius 1 is 0.215 bits per heavy atom. The predicted molar refractivity (Wildman–Crippen MR) is 491 cm³/mol. The van der Waals surface area contributed by atoms with E-state index in [1.54, 1.807) is 84.9 Å². The van der Waals surface area contributed by atoms with Gasteiger partial charge >= 0.3 is 0 Å². The van der Waals surface area contributed by atoms with Gasteiger partial charge in [-0.05, 0) is 197 Å². The summed E-state index contributed by atoms with van der Waals surface area (Å²) in [6.07, 6.45) is 0. The predicted octanol–water partition coefficient (Wildman–Crippen LogP) is 26.1. The molecule has 0 N–H and O–H groups in total. The third kappa shape index (κ3) is 22.3. The minimum absolute atomic E-state index is 0.189. The van der Waals surface area contributed by atoms with Crippen molar-refractivity contribution in [3.8, 4) is 0 Å². The number of sulfonamides is 4. The van der Waals surface area contributed by atoms with Gasteiger partial charge in [-0.2, -0.15) is 0 Å². The number of benzene rings is 16. The Hall–Kier alpha value is -12.2. The molecule has 0 radical (unpaired) electrons. The van der Waals surface area contributed by atoms with Crippen LogP contribution < -0.4 is 0 Å². The molecular weight excluding hydrogens is 1660 g/mol. The third-order valence-electron chi connectivity index (χ3n) is 18.4. The van der Waals surface area contributed by atoms with E-state index in [0.717, 1.165) is 75.9 Å². The van der Waals surface area contributed by atoms with Gasteiger partial charge in [0, 0.05) is 0 Å². The molecular formula is C100H83FN4O8S8. The van der Waals surface area contributed by atoms with Gasteiger partial charge in [-0.3, -0.25) is 0 Å². The van der Waals surface area contributed by atoms with Crippen LogP contribution in [0.1, 0.15) is 22.3 Å². The summed E-state index contributed by atoms with van der Waals surface area (Å²) in [7, 11) is -17.7. The number of aryl methyl sites for hydroxylation is 4. The normalized spacial score (nSPS) is 11.4. The highest BCUT2D eigenvalue weighted by atomic mass is 32.2. The number of nitrogens with zero attached hydrogens (tertiary/aromatic N) is 4. The van der Waals surface area contributed by atoms with Gasteiger partial charge in [-0.25, -0.2) is 38.1 Å². The van der Waals surface area contributed by atoms with E-state index in [1.807, 2.05) is 276 Å². The van der Waals surface area contributed by atoms with Gasteiger partial charge in [-0.15, -0.1) is 0 Å². The maximum Gasteiger partial charge on any atom is 0.166 e. The molecule has 0 bridgehead atoms. The van der Waals surface area contributed by atoms with Gasteiger partial charge < -0.3 is 18.9 Å². The molecule has 0 aliphatic rings. The summed E-state index contributed by atoms with van der Waals surface area (Å²) in [5, 5.41) is 0. The van der Waals surface area contributed by atoms with E-state index in [1.165, 1.54) is 18.2 Å². The van der Waals surface area contributed by atoms with Crippen molar-refractivity contribution in [3.05, 3.63) is 478 Å². The van der Waals surface area contributed by atoms with Crippen LogP contribution in [0.2, 0.25) is 0 Å². The van der Waals surface area contributed by atoms with E-state index in [0.29, 0.717) is 33.9 Å². The molecule has 121 heavy (non-hydrogen) atoms. The Morgan fingerprint density at radius 2 is 0.430 bits per heavy atom. The quantitative estimate of drug-likeness (QED) is 0.0533. The fourth-order valence-corrected chi connectivity index (χ4v) is 26.6. The average molecular weight is 1740 g/mol. The van der Waals surface area contributed by atoms with Crippen molar-refractivity contribution in [1.82, 2.24) is 0 Å². The first-order valence-corrected chi connectivity index (χ1v) is 48.9. The molecule has 0 amide bonds. The van der Waals surface area contributed by atoms with Gasteiger partial charge in [0.25, 0.3) is 0 Å². The Morgan fingerprint density at radius 3 is 0.702 bits per heavy atom. The standard InChI is InChI=1S/C27H25NO2S2.C25H21NO2S2.C24H18FNO2S2.C24H19NO2S2/c1-20-18-21(2)27(22(3)19-20)32(29,30)28-25-16-10-11-17-26(25)31(23-12-6-4-7-13-23)24-14-8-5-9-15-24;1-20-16-18-23(19-17-20)30(27,28)26-24-14-8-9-15-25(24)29(21-10-4-2-5-11-21)22-12-6-3-7-13-22;25-21-15-7-10-18-24(21)30(27,28)26-22-16-8-9-17-23(22)29(19-11-3-1-4-12-19)20-13-5-2-6-14-20;26-29(27,22-16-8-3-9-17-22)25-23-18-10-11-19-24(23)28(20-12-4-1-5-13-20)21-14-6-2-7-15-21/h4-19H,1-3H3;2-19H,1H3;1-18H;1-19H. The molecule has 0 atom stereocenters. The molecule has 0 saturated carbocycles. The minimum atomic E-state index is -4.21. The Labute approximate surface area is 722 Å². The summed E-state index contributed by atoms with van der Waals surface area (Å²) in [5.74, 6) is -0.816. The van der Waals surface area contributed by atoms with Crippen molar-refractivity contribution < 1.29 is 38.1 Å². The molecule has 16 aromatic carbocycles. The highest BCUT2D eigenvalue weighted by Gasteiger charge is 2.34. The minimum Gasteiger partial charge on any atom is -0.569 e. The zero-order chi connectivity index (χ0) is 84.8. The molecule has 0 aliphatic heterocycles. The molecule has 0 aliphatic carbocycles. The van der Waals surface area contributed by atoms with Gasteiger partial charge in [0.2, 0.25) is 0 Å². The van der Waals surface area contributed by atoms with Crippen molar-refractivity contribution in [3.63, 3.8) is 0 Å². The second-order valence-electron chi connectivity index (χ2n) is 27.1. The van der Waals surface area contributed by atoms with Crippen molar-refractivity contribution in [1.29, 1.82) is 0 Å². The Bertz CT molecular complexity index is 6420. The van der Waals surface area contributed by atoms with Crippen LogP contribution in [-0.2, 0) is 83.7 Å². The summed E-state index contributed by atoms with van der Waals surface area (Å²) in [6.45, 7) is 7.54. The van der Waals surface area contributed by atoms with E-state index in [9.17, 15) is 38.1 Å². The molecule has 0 unspecified atom stereocenters. The smallest absolute Gasteiger partial charge is 0.166 e. The summed E-state index contributed by atoms with van der Waals surface area (Å²) < 4.78 is 135. The van der Waals surface area contributed by atoms with Crippen LogP contribution in [0.3, 0.4) is 0 Å². The molecule has 0 saturated heterocycles. The largest absolute Gasteiger partial charge is 0.569 e. The van der Waals surface area contributed by atoms with Gasteiger partial charge in [0.1, 0.15) is 45.9 Å². The van der Waals surface area contributed by atoms with E-state index in [4.69, 9.17) is 0 Å². The molecule has 0 aromatic heterocycles. The van der Waals surface area contributed by atoms with Crippen LogP contribution in [-0.4, -0.2) is 33.7 Å². The Kier molecular flexibility index (Phi) is 29.2. The van der Waals surface area contributed by atoms with E-state index in [-0.39, 0.29) is 14.7 Å². The average Bonchev–Trinajstić information content (AvgIpc) is 0.776. The SMILES string of the molecule is Cc1cc(C)c(S(=O)(=O)[N-]c2ccccc2[S+](c2ccccc2)c2ccccc2)c(C)c1.Cc1ccc(S(=O)(=O)[N-]c2ccccc2[S+](c2ccccc2)c2ccccc2)cc1.O=S(=O)([N-]c1ccccc1[S+](c1ccccc1)c1ccccc1)c1ccccc1.O=S(=O)([N-]c1ccccc1[S+](c1ccccc1)c1ccccc1)c1ccccc1F. The first kappa shape index (κ1) is 86.7. The Balaban J connectivity index is 0.000000139. The summed E-state index contributed by atoms with van der Waals surface area (Å²) in [4.78, 5) is 12.4. The number of halogens is 1. The zero-order valence-electron chi connectivity index (χ0n) is 66.2. The second kappa shape index (κ2) is 40.7. The third-order valence-corrected chi connectivity index (χ3v) is 33.0. The summed E-state index contributed by atoms with van der Waals surface area (Å²) in [6, 6.07) is 134. The van der Waals surface area contributed by atoms with Crippen molar-refractivity contribution in [2.24, 2.45) is 0 Å². The van der Waals surface area contributed by atoms with Crippen LogP contribution in [0.25, 0.3) is 18.9 Å². The molecule has 12 nitrogen and oxygen atoms in total. The zero-order valence-corrected chi connectivity index (χ0v) is 72.7. The highest BCUT2D eigenvalue weighted by Crippen LogP contribution is 2.46. The first-order chi connectivity index (χ1) is 58.6. The van der Waals surface area contributed by atoms with Crippen LogP contribution in [0.15, 0.2) is 509 Å². The number of rotatable bonds is 24. The van der Waals surface area contributed by atoms with E-state index in [2.05, 4.69) is 91.7 Å². The lowest BCUT2D eigenvalue weighted by molar-refractivity contribution is 0.571. The van der Waals surface area contributed by atoms with Gasteiger partial charge in [0.05, 0.1) is 63.2 Å². The number of hydrogen-bond donors (Lipinski definition) is 0. The number of hydrogen-bond acceptors (Lipinski definition) is 8. The monoisotopic (exact) mass is 1740 g/mol. The molecule has 16 aromatic rings. The molecule has 16 rings (SSSR count). The highest BCUT2D eigenvalue weighted by molar-refractivity contribution is 7.99. The second-order valence-corrected chi connectivity index (χ2v) is 41.5. The maximum atomic E-state index is 14.1. The molecule has 0 spiro atoms. The van der Waals surface area contributed by atoms with E-state index < -0.39 is 94.4 Å². The van der Waals surface area contributed by atoms with Crippen LogP contribution in [0.5, 0.6) is 0 Å². The van der Waals surface area contributed by atoms with Crippen LogP contribution in [0, 0.1) is 33.5 Å². The lowest BCUT2D eigenvalue weighted by Gasteiger charge is -2.26. The van der Waals surface area contributed by atoms with Crippen molar-refractivity contribution in [2.75, 3.05) is 0 Å². The molecule has 21 heteroatoms. The van der Waals surface area contributed by atoms with Gasteiger partial charge in [-0.1, -0.05) is 307 Å². The topological polar surface area (TPSA) is 193 Å². The lowest BCUT2D eigenvalue weighted by Crippen LogP contribution is -2.08. The van der Waals surface area contributed by atoms with E-state index >= 15 is 0 Å². The van der Waals surface area contributed by atoms with Crippen molar-refractivity contribution in [2.45, 2.75) is 106 Å². The van der Waals surface area contributed by atoms with Crippen LogP contribution >= 0.6 is 0 Å². The van der Waals surface area contributed by atoms with Gasteiger partial charge in [0.15, 0.2) is 58.7 Å². The lowest BCUT2D eigenvalue weighted by atomic mass is 10.1. The molecule has 0 heterocycles. The summed E-state index contributed by atoms with van der Waals surface area (Å²) >= 11 is 0.